The Labute approximate surface area is 196 Å². The molecule has 0 saturated carbocycles. The Morgan fingerprint density at radius 3 is 2.79 bits per heavy atom. The van der Waals surface area contributed by atoms with Crippen LogP contribution in [0.2, 0.25) is 0 Å². The summed E-state index contributed by atoms with van der Waals surface area (Å²) < 4.78 is 10.4. The number of ether oxygens (including phenoxy) is 1. The summed E-state index contributed by atoms with van der Waals surface area (Å²) in [5.74, 6) is 1.86. The van der Waals surface area contributed by atoms with Gasteiger partial charge in [-0.15, -0.1) is 10.2 Å². The molecule has 0 bridgehead atoms. The molecule has 10 heteroatoms. The molecule has 0 spiro atoms. The van der Waals surface area contributed by atoms with Gasteiger partial charge in [-0.1, -0.05) is 17.3 Å². The van der Waals surface area contributed by atoms with Crippen LogP contribution in [0.15, 0.2) is 73.7 Å². The molecule has 34 heavy (non-hydrogen) atoms. The molecule has 2 aromatic rings. The molecular weight excluding hydrogens is 436 g/mol. The lowest BCUT2D eigenvalue weighted by Crippen LogP contribution is -2.28. The highest BCUT2D eigenvalue weighted by atomic mass is 16.5. The summed E-state index contributed by atoms with van der Waals surface area (Å²) in [5.41, 5.74) is 3.21. The monoisotopic (exact) mass is 462 g/mol. The van der Waals surface area contributed by atoms with Crippen molar-refractivity contribution in [2.45, 2.75) is 32.6 Å². The van der Waals surface area contributed by atoms with Crippen molar-refractivity contribution >= 4 is 11.8 Å². The van der Waals surface area contributed by atoms with Gasteiger partial charge < -0.3 is 19.9 Å². The molecule has 1 aliphatic heterocycles. The quantitative estimate of drug-likeness (QED) is 0.518. The molecule has 1 aliphatic carbocycles. The summed E-state index contributed by atoms with van der Waals surface area (Å²) in [6, 6.07) is 7.34. The van der Waals surface area contributed by atoms with Crippen LogP contribution in [0.5, 0.6) is 5.75 Å². The Kier molecular flexibility index (Phi) is 7.26. The van der Waals surface area contributed by atoms with Gasteiger partial charge in [-0.3, -0.25) is 9.59 Å². The topological polar surface area (TPSA) is 131 Å². The lowest BCUT2D eigenvalue weighted by atomic mass is 9.92. The number of hydrogen-bond donors (Lipinski definition) is 2. The van der Waals surface area contributed by atoms with E-state index in [4.69, 9.17) is 9.26 Å². The van der Waals surface area contributed by atoms with Crippen molar-refractivity contribution in [3.05, 3.63) is 64.8 Å². The van der Waals surface area contributed by atoms with Crippen molar-refractivity contribution in [1.82, 2.24) is 20.8 Å². The summed E-state index contributed by atoms with van der Waals surface area (Å²) >= 11 is 0. The summed E-state index contributed by atoms with van der Waals surface area (Å²) in [6.07, 6.45) is 5.89. The van der Waals surface area contributed by atoms with Crippen molar-refractivity contribution in [3.63, 3.8) is 0 Å². The third-order valence-electron chi connectivity index (χ3n) is 5.48. The van der Waals surface area contributed by atoms with E-state index >= 15 is 0 Å². The minimum Gasteiger partial charge on any atom is -0.497 e. The molecular formula is C24H26N6O4. The third kappa shape index (κ3) is 5.45. The smallest absolute Gasteiger partial charge is 0.296 e. The highest BCUT2D eigenvalue weighted by molar-refractivity contribution is 6.00. The van der Waals surface area contributed by atoms with E-state index in [1.54, 1.807) is 7.11 Å². The molecule has 0 fully saturated rings. The third-order valence-corrected chi connectivity index (χ3v) is 5.48. The highest BCUT2D eigenvalue weighted by Gasteiger charge is 2.25. The van der Waals surface area contributed by atoms with Crippen LogP contribution in [0.4, 0.5) is 0 Å². The van der Waals surface area contributed by atoms with Crippen LogP contribution in [0, 0.1) is 0 Å². The molecule has 2 N–H and O–H groups in total. The Morgan fingerprint density at radius 1 is 1.18 bits per heavy atom. The maximum atomic E-state index is 12.2. The molecule has 10 nitrogen and oxygen atoms in total. The summed E-state index contributed by atoms with van der Waals surface area (Å²) in [5, 5.41) is 17.8. The number of methoxy groups -OCH3 is 1. The van der Waals surface area contributed by atoms with Gasteiger partial charge in [0.25, 0.3) is 5.91 Å². The van der Waals surface area contributed by atoms with Gasteiger partial charge in [0.15, 0.2) is 5.82 Å². The molecule has 0 unspecified atom stereocenters. The average molecular weight is 463 g/mol. The van der Waals surface area contributed by atoms with E-state index in [2.05, 4.69) is 31.0 Å². The molecule has 2 aliphatic rings. The van der Waals surface area contributed by atoms with Crippen LogP contribution >= 0.6 is 0 Å². The molecule has 4 rings (SSSR count). The van der Waals surface area contributed by atoms with Crippen LogP contribution < -0.4 is 15.4 Å². The molecule has 176 valence electrons. The highest BCUT2D eigenvalue weighted by Crippen LogP contribution is 2.31. The van der Waals surface area contributed by atoms with E-state index in [1.807, 2.05) is 43.3 Å². The molecule has 1 aromatic heterocycles. The number of carbonyl (C=O) groups excluding carboxylic acids is 2. The maximum absolute atomic E-state index is 12.2. The predicted octanol–water partition coefficient (Wildman–Crippen LogP) is 3.25. The van der Waals surface area contributed by atoms with Gasteiger partial charge in [0.05, 0.1) is 12.7 Å². The zero-order valence-electron chi connectivity index (χ0n) is 19.1. The maximum Gasteiger partial charge on any atom is 0.296 e. The number of carbonyl (C=O) groups is 2. The fourth-order valence-corrected chi connectivity index (χ4v) is 3.68. The van der Waals surface area contributed by atoms with E-state index in [9.17, 15) is 9.59 Å². The number of fused-ring (bicyclic) bond motifs is 1. The van der Waals surface area contributed by atoms with E-state index in [0.717, 1.165) is 22.5 Å². The Hall–Kier alpha value is -4.08. The SMILES string of the molecule is COc1ccc(-c2noc(CCC(=O)NCCCNC3=C4CC=CC(C)=C4C(=O)N=N3)n2)cc1. The minimum atomic E-state index is -0.299. The van der Waals surface area contributed by atoms with Gasteiger partial charge in [0.2, 0.25) is 17.6 Å². The zero-order chi connectivity index (χ0) is 23.9. The zero-order valence-corrected chi connectivity index (χ0v) is 19.1. The lowest BCUT2D eigenvalue weighted by Gasteiger charge is -2.20. The molecule has 0 radical (unpaired) electrons. The van der Waals surface area contributed by atoms with Gasteiger partial charge in [-0.2, -0.15) is 4.98 Å². The van der Waals surface area contributed by atoms with E-state index < -0.39 is 0 Å². The normalized spacial score (nSPS) is 14.9. The first-order chi connectivity index (χ1) is 16.5. The summed E-state index contributed by atoms with van der Waals surface area (Å²) in [4.78, 5) is 28.5. The van der Waals surface area contributed by atoms with Gasteiger partial charge in [-0.25, -0.2) is 0 Å². The minimum absolute atomic E-state index is 0.0903. The standard InChI is InChI=1S/C24H26N6O4/c1-15-5-3-6-18-21(15)24(32)29-28-23(18)26-14-4-13-25-19(31)11-12-20-27-22(30-34-20)16-7-9-17(33-2)10-8-16/h3,5,7-10,26H,4,6,11-14H2,1-2H3,(H,25,31). The first-order valence-corrected chi connectivity index (χ1v) is 11.1. The molecule has 2 amide bonds. The number of amides is 2. The number of hydrogen-bond acceptors (Lipinski definition) is 8. The summed E-state index contributed by atoms with van der Waals surface area (Å²) in [6.45, 7) is 3.00. The van der Waals surface area contributed by atoms with Crippen LogP contribution in [-0.4, -0.2) is 42.2 Å². The summed E-state index contributed by atoms with van der Waals surface area (Å²) in [7, 11) is 1.61. The van der Waals surface area contributed by atoms with Crippen LogP contribution in [0.3, 0.4) is 0 Å². The lowest BCUT2D eigenvalue weighted by molar-refractivity contribution is -0.121. The molecule has 1 aromatic carbocycles. The van der Waals surface area contributed by atoms with Gasteiger partial charge in [0, 0.05) is 37.1 Å². The predicted molar refractivity (Wildman–Crippen MR) is 124 cm³/mol. The fourth-order valence-electron chi connectivity index (χ4n) is 3.68. The van der Waals surface area contributed by atoms with Crippen LogP contribution in [-0.2, 0) is 16.0 Å². The number of nitrogens with zero attached hydrogens (tertiary/aromatic N) is 4. The first-order valence-electron chi connectivity index (χ1n) is 11.1. The number of nitrogens with one attached hydrogen (secondary N) is 2. The number of rotatable bonds is 10. The average Bonchev–Trinajstić information content (AvgIpc) is 3.33. The fraction of sp³-hybridized carbons (Fsp3) is 0.333. The van der Waals surface area contributed by atoms with Crippen molar-refractivity contribution in [2.24, 2.45) is 10.2 Å². The van der Waals surface area contributed by atoms with Crippen molar-refractivity contribution in [3.8, 4) is 17.1 Å². The van der Waals surface area contributed by atoms with Crippen LogP contribution in [0.1, 0.15) is 32.1 Å². The number of allylic oxidation sites excluding steroid dienone is 3. The van der Waals surface area contributed by atoms with Crippen molar-refractivity contribution in [2.75, 3.05) is 20.2 Å². The van der Waals surface area contributed by atoms with Crippen molar-refractivity contribution in [1.29, 1.82) is 0 Å². The Bertz CT molecular complexity index is 1190. The Morgan fingerprint density at radius 2 is 2.00 bits per heavy atom. The van der Waals surface area contributed by atoms with E-state index in [1.165, 1.54) is 0 Å². The largest absolute Gasteiger partial charge is 0.497 e. The first kappa shape index (κ1) is 23.1. The van der Waals surface area contributed by atoms with E-state index in [0.29, 0.717) is 55.5 Å². The van der Waals surface area contributed by atoms with Gasteiger partial charge >= 0.3 is 0 Å². The second-order valence-electron chi connectivity index (χ2n) is 7.87. The second-order valence-corrected chi connectivity index (χ2v) is 7.87. The van der Waals surface area contributed by atoms with Crippen molar-refractivity contribution < 1.29 is 18.8 Å². The number of aromatic nitrogens is 2. The number of azo groups is 1. The van der Waals surface area contributed by atoms with E-state index in [-0.39, 0.29) is 18.2 Å². The molecule has 2 heterocycles. The van der Waals surface area contributed by atoms with Gasteiger partial charge in [0.1, 0.15) is 5.75 Å². The number of aryl methyl sites for hydroxylation is 1. The second kappa shape index (κ2) is 10.7. The number of benzene rings is 1. The van der Waals surface area contributed by atoms with Crippen LogP contribution in [0.25, 0.3) is 11.4 Å². The molecule has 0 atom stereocenters. The Balaban J connectivity index is 1.18. The van der Waals surface area contributed by atoms with Gasteiger partial charge in [-0.05, 0) is 49.6 Å². The molecule has 0 saturated heterocycles.